The summed E-state index contributed by atoms with van der Waals surface area (Å²) in [5, 5.41) is 3.35. The molecule has 0 aromatic carbocycles. The molecule has 1 fully saturated rings. The van der Waals surface area contributed by atoms with Gasteiger partial charge in [-0.1, -0.05) is 6.92 Å². The zero-order valence-electron chi connectivity index (χ0n) is 10.3. The predicted molar refractivity (Wildman–Crippen MR) is 64.2 cm³/mol. The minimum Gasteiger partial charge on any atom is -0.377 e. The maximum atomic E-state index is 5.61. The second-order valence-corrected chi connectivity index (χ2v) is 4.46. The standard InChI is InChI=1S/C12H26N2O/c1-3-13-8-4-5-9-14(2)11-12-7-6-10-15-12/h12-13H,3-11H2,1-2H3. The number of hydrogen-bond donors (Lipinski definition) is 1. The monoisotopic (exact) mass is 214 g/mol. The molecule has 1 rings (SSSR count). The first-order valence-electron chi connectivity index (χ1n) is 6.33. The van der Waals surface area contributed by atoms with E-state index in [1.54, 1.807) is 0 Å². The highest BCUT2D eigenvalue weighted by atomic mass is 16.5. The van der Waals surface area contributed by atoms with E-state index in [4.69, 9.17) is 4.74 Å². The maximum absolute atomic E-state index is 5.61. The first kappa shape index (κ1) is 12.9. The zero-order chi connectivity index (χ0) is 10.9. The highest BCUT2D eigenvalue weighted by molar-refractivity contribution is 4.68. The molecular formula is C12H26N2O. The van der Waals surface area contributed by atoms with Crippen LogP contribution in [0.5, 0.6) is 0 Å². The number of rotatable bonds is 8. The molecule has 1 N–H and O–H groups in total. The fraction of sp³-hybridized carbons (Fsp3) is 1.00. The van der Waals surface area contributed by atoms with Crippen molar-refractivity contribution in [2.45, 2.75) is 38.7 Å². The van der Waals surface area contributed by atoms with Crippen molar-refractivity contribution in [3.05, 3.63) is 0 Å². The molecule has 1 heterocycles. The van der Waals surface area contributed by atoms with Gasteiger partial charge in [-0.3, -0.25) is 0 Å². The third kappa shape index (κ3) is 6.13. The first-order valence-corrected chi connectivity index (χ1v) is 6.33. The fourth-order valence-electron chi connectivity index (χ4n) is 2.04. The topological polar surface area (TPSA) is 24.5 Å². The van der Waals surface area contributed by atoms with E-state index in [-0.39, 0.29) is 0 Å². The van der Waals surface area contributed by atoms with Crippen molar-refractivity contribution >= 4 is 0 Å². The molecule has 1 aliphatic rings. The van der Waals surface area contributed by atoms with Crippen LogP contribution >= 0.6 is 0 Å². The van der Waals surface area contributed by atoms with E-state index >= 15 is 0 Å². The molecule has 0 bridgehead atoms. The highest BCUT2D eigenvalue weighted by Gasteiger charge is 2.16. The lowest BCUT2D eigenvalue weighted by Crippen LogP contribution is -2.30. The molecular weight excluding hydrogens is 188 g/mol. The molecule has 15 heavy (non-hydrogen) atoms. The second-order valence-electron chi connectivity index (χ2n) is 4.46. The van der Waals surface area contributed by atoms with Crippen molar-refractivity contribution in [3.63, 3.8) is 0 Å². The summed E-state index contributed by atoms with van der Waals surface area (Å²) in [7, 11) is 2.20. The lowest BCUT2D eigenvalue weighted by Gasteiger charge is -2.20. The summed E-state index contributed by atoms with van der Waals surface area (Å²) < 4.78 is 5.61. The van der Waals surface area contributed by atoms with Crippen molar-refractivity contribution in [3.8, 4) is 0 Å². The van der Waals surface area contributed by atoms with Gasteiger partial charge in [0.25, 0.3) is 0 Å². The average molecular weight is 214 g/mol. The van der Waals surface area contributed by atoms with Crippen molar-refractivity contribution in [1.29, 1.82) is 0 Å². The highest BCUT2D eigenvalue weighted by Crippen LogP contribution is 2.12. The molecule has 0 aromatic heterocycles. The van der Waals surface area contributed by atoms with Gasteiger partial charge in [0.1, 0.15) is 0 Å². The zero-order valence-corrected chi connectivity index (χ0v) is 10.3. The van der Waals surface area contributed by atoms with E-state index in [9.17, 15) is 0 Å². The fourth-order valence-corrected chi connectivity index (χ4v) is 2.04. The molecule has 0 aliphatic carbocycles. The molecule has 0 spiro atoms. The summed E-state index contributed by atoms with van der Waals surface area (Å²) in [4.78, 5) is 2.40. The Hall–Kier alpha value is -0.120. The van der Waals surface area contributed by atoms with Crippen molar-refractivity contribution < 1.29 is 4.74 Å². The quantitative estimate of drug-likeness (QED) is 0.620. The minimum absolute atomic E-state index is 0.503. The van der Waals surface area contributed by atoms with Crippen molar-refractivity contribution in [1.82, 2.24) is 10.2 Å². The minimum atomic E-state index is 0.503. The van der Waals surface area contributed by atoms with Crippen LogP contribution in [-0.2, 0) is 4.74 Å². The van der Waals surface area contributed by atoms with E-state index in [0.29, 0.717) is 6.10 Å². The SMILES string of the molecule is CCNCCCCN(C)CC1CCCO1. The van der Waals surface area contributed by atoms with Gasteiger partial charge in [-0.15, -0.1) is 0 Å². The second kappa shape index (κ2) is 8.08. The molecule has 0 saturated carbocycles. The Morgan fingerprint density at radius 2 is 2.27 bits per heavy atom. The average Bonchev–Trinajstić information content (AvgIpc) is 2.70. The normalized spacial score (nSPS) is 21.4. The summed E-state index contributed by atoms with van der Waals surface area (Å²) in [5.74, 6) is 0. The van der Waals surface area contributed by atoms with Crippen LogP contribution in [0.15, 0.2) is 0 Å². The third-order valence-corrected chi connectivity index (χ3v) is 2.93. The van der Waals surface area contributed by atoms with Gasteiger partial charge in [0, 0.05) is 13.2 Å². The van der Waals surface area contributed by atoms with Gasteiger partial charge in [-0.25, -0.2) is 0 Å². The molecule has 3 nitrogen and oxygen atoms in total. The van der Waals surface area contributed by atoms with Crippen molar-refractivity contribution in [2.75, 3.05) is 39.8 Å². The van der Waals surface area contributed by atoms with Gasteiger partial charge in [-0.2, -0.15) is 0 Å². The van der Waals surface area contributed by atoms with Crippen LogP contribution in [0.1, 0.15) is 32.6 Å². The van der Waals surface area contributed by atoms with Crippen LogP contribution in [0.4, 0.5) is 0 Å². The van der Waals surface area contributed by atoms with Gasteiger partial charge in [0.2, 0.25) is 0 Å². The van der Waals surface area contributed by atoms with Gasteiger partial charge >= 0.3 is 0 Å². The van der Waals surface area contributed by atoms with Gasteiger partial charge in [-0.05, 0) is 52.4 Å². The molecule has 0 aromatic rings. The van der Waals surface area contributed by atoms with Crippen molar-refractivity contribution in [2.24, 2.45) is 0 Å². The Labute approximate surface area is 94.2 Å². The lowest BCUT2D eigenvalue weighted by atomic mass is 10.2. The van der Waals surface area contributed by atoms with Gasteiger partial charge in [0.05, 0.1) is 6.10 Å². The smallest absolute Gasteiger partial charge is 0.0702 e. The molecule has 1 atom stereocenters. The Morgan fingerprint density at radius 3 is 2.93 bits per heavy atom. The van der Waals surface area contributed by atoms with Crippen LogP contribution in [-0.4, -0.2) is 50.8 Å². The van der Waals surface area contributed by atoms with E-state index in [2.05, 4.69) is 24.2 Å². The van der Waals surface area contributed by atoms with E-state index in [1.807, 2.05) is 0 Å². The Kier molecular flexibility index (Phi) is 6.98. The molecule has 1 saturated heterocycles. The van der Waals surface area contributed by atoms with Crippen LogP contribution in [0.3, 0.4) is 0 Å². The molecule has 90 valence electrons. The molecule has 0 radical (unpaired) electrons. The maximum Gasteiger partial charge on any atom is 0.0702 e. The van der Waals surface area contributed by atoms with E-state index in [1.165, 1.54) is 32.2 Å². The Morgan fingerprint density at radius 1 is 1.40 bits per heavy atom. The number of nitrogens with zero attached hydrogens (tertiary/aromatic N) is 1. The Balaban J connectivity index is 1.91. The number of nitrogens with one attached hydrogen (secondary N) is 1. The summed E-state index contributed by atoms with van der Waals surface area (Å²) in [6.07, 6.45) is 5.57. The lowest BCUT2D eigenvalue weighted by molar-refractivity contribution is 0.0808. The largest absolute Gasteiger partial charge is 0.377 e. The summed E-state index contributed by atoms with van der Waals surface area (Å²) >= 11 is 0. The molecule has 1 unspecified atom stereocenters. The molecule has 0 amide bonds. The molecule has 3 heteroatoms. The van der Waals surface area contributed by atoms with E-state index < -0.39 is 0 Å². The van der Waals surface area contributed by atoms with Gasteiger partial charge < -0.3 is 15.0 Å². The van der Waals surface area contributed by atoms with Crippen LogP contribution in [0.2, 0.25) is 0 Å². The van der Waals surface area contributed by atoms with E-state index in [0.717, 1.165) is 26.2 Å². The number of hydrogen-bond acceptors (Lipinski definition) is 3. The molecule has 1 aliphatic heterocycles. The number of likely N-dealkylation sites (N-methyl/N-ethyl adjacent to an activating group) is 1. The third-order valence-electron chi connectivity index (χ3n) is 2.93. The summed E-state index contributed by atoms with van der Waals surface area (Å²) in [6, 6.07) is 0. The predicted octanol–water partition coefficient (Wildman–Crippen LogP) is 1.49. The first-order chi connectivity index (χ1) is 7.33. The number of unbranched alkanes of at least 4 members (excludes halogenated alkanes) is 1. The van der Waals surface area contributed by atoms with Crippen LogP contribution in [0, 0.1) is 0 Å². The van der Waals surface area contributed by atoms with Gasteiger partial charge in [0.15, 0.2) is 0 Å². The van der Waals surface area contributed by atoms with Crippen LogP contribution < -0.4 is 5.32 Å². The Bertz CT molecular complexity index is 147. The summed E-state index contributed by atoms with van der Waals surface area (Å²) in [5.41, 5.74) is 0. The summed E-state index contributed by atoms with van der Waals surface area (Å²) in [6.45, 7) is 7.69. The number of ether oxygens (including phenoxy) is 1. The van der Waals surface area contributed by atoms with Crippen LogP contribution in [0.25, 0.3) is 0 Å².